The summed E-state index contributed by atoms with van der Waals surface area (Å²) in [6.07, 6.45) is 1.22. The van der Waals surface area contributed by atoms with E-state index in [4.69, 9.17) is 51.8 Å². The van der Waals surface area contributed by atoms with Crippen LogP contribution in [0, 0.1) is 5.82 Å². The summed E-state index contributed by atoms with van der Waals surface area (Å²) in [7, 11) is 39.4. The van der Waals surface area contributed by atoms with Crippen molar-refractivity contribution in [2.75, 3.05) is 20.1 Å². The van der Waals surface area contributed by atoms with E-state index in [0.29, 0.717) is 24.0 Å². The fraction of sp³-hybridized carbons (Fsp3) is 0.480. The molecule has 0 unspecified atom stereocenters. The van der Waals surface area contributed by atoms with Gasteiger partial charge in [0.2, 0.25) is 0 Å². The summed E-state index contributed by atoms with van der Waals surface area (Å²) < 4.78 is 19.1. The molecule has 186 valence electrons. The Morgan fingerprint density at radius 2 is 1.47 bits per heavy atom. The molecule has 1 fully saturated rings. The molecule has 2 N–H and O–H groups in total. The maximum absolute atomic E-state index is 13.7. The van der Waals surface area contributed by atoms with Crippen LogP contribution in [0.4, 0.5) is 9.18 Å². The Hall–Kier alpha value is -2.25. The van der Waals surface area contributed by atoms with E-state index in [1.165, 1.54) is 67.3 Å². The highest BCUT2D eigenvalue weighted by molar-refractivity contribution is 6.42. The van der Waals surface area contributed by atoms with Gasteiger partial charge < -0.3 is 25.0 Å². The molecule has 12 radical (unpaired) electrons. The summed E-state index contributed by atoms with van der Waals surface area (Å²) >= 11 is 0. The molecule has 2 aromatic rings. The lowest BCUT2D eigenvalue weighted by Crippen LogP contribution is -2.63. The van der Waals surface area contributed by atoms with Crippen molar-refractivity contribution in [2.45, 2.75) is 54.4 Å². The number of urea groups is 1. The normalized spacial score (nSPS) is 16.1. The molecule has 2 aromatic carbocycles. The van der Waals surface area contributed by atoms with Crippen LogP contribution in [0.2, 0.25) is 0 Å². The molecule has 1 aliphatic rings. The molecule has 1 saturated heterocycles. The number of ether oxygens (including phenoxy) is 1. The van der Waals surface area contributed by atoms with Gasteiger partial charge >= 0.3 is 6.03 Å². The number of hydrogen-bond acceptors (Lipinski definition) is 4. The van der Waals surface area contributed by atoms with E-state index in [1.807, 2.05) is 7.05 Å². The van der Waals surface area contributed by atoms with E-state index in [9.17, 15) is 14.3 Å². The van der Waals surface area contributed by atoms with Gasteiger partial charge in [-0.2, -0.15) is 0 Å². The molecule has 0 aliphatic carbocycles. The van der Waals surface area contributed by atoms with Gasteiger partial charge in [0.1, 0.15) is 27.3 Å². The molecular formula is C25H28B6FN3O3. The summed E-state index contributed by atoms with van der Waals surface area (Å²) in [5, 5.41) is 7.25. The van der Waals surface area contributed by atoms with Gasteiger partial charge in [-0.3, -0.25) is 0 Å². The summed E-state index contributed by atoms with van der Waals surface area (Å²) in [4.78, 5) is 17.1. The minimum atomic E-state index is -1.87. The average Bonchev–Trinajstić information content (AvgIpc) is 2.79. The molecular weight excluding hydrogens is 474 g/mol. The predicted molar refractivity (Wildman–Crippen MR) is 151 cm³/mol. The number of amides is 2. The van der Waals surface area contributed by atoms with Gasteiger partial charge in [-0.05, 0) is 92.9 Å². The minimum absolute atomic E-state index is 0.246. The molecule has 1 aliphatic heterocycles. The Bertz CT molecular complexity index is 1100. The highest BCUT2D eigenvalue weighted by Crippen LogP contribution is 2.30. The van der Waals surface area contributed by atoms with Gasteiger partial charge in [0.15, 0.2) is 0 Å². The molecule has 0 aromatic heterocycles. The van der Waals surface area contributed by atoms with Crippen LogP contribution in [0.5, 0.6) is 5.75 Å². The quantitative estimate of drug-likeness (QED) is 0.521. The van der Waals surface area contributed by atoms with Crippen molar-refractivity contribution in [1.82, 2.24) is 15.1 Å². The van der Waals surface area contributed by atoms with Crippen molar-refractivity contribution in [3.05, 3.63) is 65.5 Å². The average molecular weight is 502 g/mol. The third-order valence-corrected chi connectivity index (χ3v) is 6.87. The maximum Gasteiger partial charge on any atom is 0.316 e. The largest absolute Gasteiger partial charge is 0.504 e. The first-order valence-electron chi connectivity index (χ1n) is 12.3. The van der Waals surface area contributed by atoms with Crippen LogP contribution in [0.3, 0.4) is 0 Å². The Labute approximate surface area is 232 Å². The lowest BCUT2D eigenvalue weighted by Gasteiger charge is -2.49. The summed E-state index contributed by atoms with van der Waals surface area (Å²) in [6, 6.07) is 10.3. The van der Waals surface area contributed by atoms with E-state index < -0.39 is 33.5 Å². The van der Waals surface area contributed by atoms with Crippen LogP contribution >= 0.6 is 0 Å². The number of aliphatic hydroxyl groups is 1. The summed E-state index contributed by atoms with van der Waals surface area (Å²) in [5.74, 6) is -0.213. The molecule has 1 heterocycles. The number of halogens is 1. The molecule has 0 bridgehead atoms. The number of rotatable bonds is 8. The number of piperidine rings is 1. The predicted octanol–water partition coefficient (Wildman–Crippen LogP) is 0.667. The number of benzene rings is 2. The van der Waals surface area contributed by atoms with Crippen LogP contribution in [0.25, 0.3) is 0 Å². The second-order valence-corrected chi connectivity index (χ2v) is 10.5. The second kappa shape index (κ2) is 11.1. The van der Waals surface area contributed by atoms with Crippen LogP contribution in [0.1, 0.15) is 37.8 Å². The van der Waals surface area contributed by atoms with Crippen LogP contribution in [0.15, 0.2) is 48.5 Å². The van der Waals surface area contributed by atoms with Gasteiger partial charge in [0, 0.05) is 6.04 Å². The van der Waals surface area contributed by atoms with Crippen molar-refractivity contribution in [3.8, 4) is 5.75 Å². The van der Waals surface area contributed by atoms with Crippen molar-refractivity contribution in [3.63, 3.8) is 0 Å². The van der Waals surface area contributed by atoms with Crippen LogP contribution in [-0.2, 0) is 10.7 Å². The van der Waals surface area contributed by atoms with Crippen LogP contribution in [-0.4, -0.2) is 105 Å². The third kappa shape index (κ3) is 6.84. The fourth-order valence-corrected chi connectivity index (χ4v) is 4.17. The Morgan fingerprint density at radius 1 is 0.974 bits per heavy atom. The highest BCUT2D eigenvalue weighted by atomic mass is 19.1. The number of nitrogens with one attached hydrogen (secondary N) is 1. The fourth-order valence-electron chi connectivity index (χ4n) is 4.17. The molecule has 0 atom stereocenters. The highest BCUT2D eigenvalue weighted by Gasteiger charge is 2.40. The minimum Gasteiger partial charge on any atom is -0.504 e. The second-order valence-electron chi connectivity index (χ2n) is 10.5. The first kappa shape index (κ1) is 30.3. The van der Waals surface area contributed by atoms with Gasteiger partial charge in [-0.15, -0.1) is 0 Å². The zero-order valence-corrected chi connectivity index (χ0v) is 22.0. The Balaban J connectivity index is 1.85. The van der Waals surface area contributed by atoms with E-state index in [1.54, 1.807) is 0 Å². The first-order valence-corrected chi connectivity index (χ1v) is 12.3. The lowest BCUT2D eigenvalue weighted by molar-refractivity contribution is -0.0169. The zero-order valence-electron chi connectivity index (χ0n) is 22.0. The van der Waals surface area contributed by atoms with Gasteiger partial charge in [0.25, 0.3) is 0 Å². The number of nitrogens with zero attached hydrogens (tertiary/aromatic N) is 2. The number of hydrogen-bond donors (Lipinski definition) is 2. The molecule has 13 heteroatoms. The zero-order chi connectivity index (χ0) is 28.5. The SMILES string of the molecule is [B]C([B])(NC(=O)N(C1CCN(C)CC1)C([B])([B])c1ccc(F)cc1)c1ccc(OC([B])([B])C(C)(C)O)cc1. The summed E-state index contributed by atoms with van der Waals surface area (Å²) in [6.45, 7) is 4.28. The van der Waals surface area contributed by atoms with Gasteiger partial charge in [-0.25, -0.2) is 9.18 Å². The van der Waals surface area contributed by atoms with Crippen molar-refractivity contribution in [1.29, 1.82) is 0 Å². The van der Waals surface area contributed by atoms with E-state index >= 15 is 0 Å². The van der Waals surface area contributed by atoms with Gasteiger partial charge in [-0.1, -0.05) is 24.3 Å². The van der Waals surface area contributed by atoms with Gasteiger partial charge in [0.05, 0.1) is 42.4 Å². The molecule has 3 rings (SSSR count). The van der Waals surface area contributed by atoms with Crippen LogP contribution < -0.4 is 10.1 Å². The van der Waals surface area contributed by atoms with Crippen molar-refractivity contribution >= 4 is 53.1 Å². The Morgan fingerprint density at radius 3 is 1.97 bits per heavy atom. The summed E-state index contributed by atoms with van der Waals surface area (Å²) in [5.41, 5.74) is -0.872. The van der Waals surface area contributed by atoms with E-state index in [0.717, 1.165) is 13.1 Å². The van der Waals surface area contributed by atoms with E-state index in [2.05, 4.69) is 10.2 Å². The molecule has 0 spiro atoms. The smallest absolute Gasteiger partial charge is 0.316 e. The number of carbonyl (C=O) groups excluding carboxylic acids is 1. The molecule has 38 heavy (non-hydrogen) atoms. The number of likely N-dealkylation sites (tertiary alicyclic amines) is 1. The monoisotopic (exact) mass is 503 g/mol. The van der Waals surface area contributed by atoms with Crippen molar-refractivity contribution in [2.24, 2.45) is 0 Å². The lowest BCUT2D eigenvalue weighted by atomic mass is 9.56. The Kier molecular flexibility index (Phi) is 8.84. The first-order chi connectivity index (χ1) is 17.4. The standard InChI is InChI=1S/C25H28B6FN3O3/c1-22(2,37)25(30,31)38-20-10-6-16(7-11-20)23(26,27)33-21(36)35(19-12-14-34(3)15-13-19)24(28,29)17-4-8-18(32)9-5-17/h4-11,19,37H,12-15H2,1-3H3,(H,33,36). The topological polar surface area (TPSA) is 65.0 Å². The molecule has 6 nitrogen and oxygen atoms in total. The van der Waals surface area contributed by atoms with Crippen molar-refractivity contribution < 1.29 is 19.0 Å². The number of carbonyl (C=O) groups is 1. The molecule has 2 amide bonds. The molecule has 0 saturated carbocycles. The third-order valence-electron chi connectivity index (χ3n) is 6.87. The maximum atomic E-state index is 13.7. The van der Waals surface area contributed by atoms with E-state index in [-0.39, 0.29) is 11.8 Å².